The van der Waals surface area contributed by atoms with Crippen molar-refractivity contribution in [2.75, 3.05) is 0 Å². The van der Waals surface area contributed by atoms with Crippen LogP contribution in [0.2, 0.25) is 0 Å². The summed E-state index contributed by atoms with van der Waals surface area (Å²) >= 11 is 0. The summed E-state index contributed by atoms with van der Waals surface area (Å²) in [5.41, 5.74) is 0.719. The molecular weight excluding hydrogens is 383 g/mol. The number of hydrogen-bond donors (Lipinski definition) is 1. The topological polar surface area (TPSA) is 73.2 Å². The number of alkyl halides is 3. The molecule has 3 aromatic rings. The minimum atomic E-state index is -4.87. The third kappa shape index (κ3) is 4.86. The third-order valence-electron chi connectivity index (χ3n) is 3.54. The molecule has 0 atom stereocenters. The number of ether oxygens (including phenoxy) is 1. The fourth-order valence-corrected chi connectivity index (χ4v) is 3.23. The van der Waals surface area contributed by atoms with Crippen LogP contribution in [0.5, 0.6) is 5.75 Å². The maximum atomic E-state index is 12.5. The predicted molar refractivity (Wildman–Crippen MR) is 90.7 cm³/mol. The third-order valence-corrected chi connectivity index (χ3v) is 4.90. The first kappa shape index (κ1) is 18.9. The number of benzene rings is 2. The van der Waals surface area contributed by atoms with Gasteiger partial charge in [0.1, 0.15) is 10.6 Å². The summed E-state index contributed by atoms with van der Waals surface area (Å²) < 4.78 is 69.7. The summed E-state index contributed by atoms with van der Waals surface area (Å²) in [6.07, 6.45) is -2.39. The highest BCUT2D eigenvalue weighted by Gasteiger charge is 2.32. The van der Waals surface area contributed by atoms with Crippen LogP contribution >= 0.6 is 0 Å². The van der Waals surface area contributed by atoms with Gasteiger partial charge in [-0.1, -0.05) is 36.4 Å². The molecule has 0 unspecified atom stereocenters. The SMILES string of the molecule is O=S(=O)(NCc1ccccc1OC(F)(F)F)c1cnn(-c2ccccc2)c1. The first-order valence-electron chi connectivity index (χ1n) is 7.68. The number of para-hydroxylation sites is 2. The summed E-state index contributed by atoms with van der Waals surface area (Å²) in [6, 6.07) is 14.2. The molecule has 10 heteroatoms. The van der Waals surface area contributed by atoms with Crippen molar-refractivity contribution in [3.63, 3.8) is 0 Å². The van der Waals surface area contributed by atoms with E-state index in [1.807, 2.05) is 6.07 Å². The predicted octanol–water partition coefficient (Wildman–Crippen LogP) is 3.25. The fourth-order valence-electron chi connectivity index (χ4n) is 2.30. The Kier molecular flexibility index (Phi) is 5.19. The Morgan fingerprint density at radius 2 is 1.70 bits per heavy atom. The maximum Gasteiger partial charge on any atom is 0.573 e. The molecule has 0 aliphatic rings. The second-order valence-corrected chi connectivity index (χ2v) is 7.20. The molecule has 0 aliphatic carbocycles. The standard InChI is InChI=1S/C17H14F3N3O3S/c18-17(19,20)26-16-9-5-4-6-13(16)10-22-27(24,25)15-11-21-23(12-15)14-7-2-1-3-8-14/h1-9,11-12,22H,10H2. The number of hydrogen-bond acceptors (Lipinski definition) is 4. The first-order valence-corrected chi connectivity index (χ1v) is 9.16. The highest BCUT2D eigenvalue weighted by Crippen LogP contribution is 2.26. The second-order valence-electron chi connectivity index (χ2n) is 5.44. The van der Waals surface area contributed by atoms with Gasteiger partial charge in [-0.25, -0.2) is 17.8 Å². The van der Waals surface area contributed by atoms with Gasteiger partial charge in [0.2, 0.25) is 10.0 Å². The van der Waals surface area contributed by atoms with Crippen LogP contribution < -0.4 is 9.46 Å². The smallest absolute Gasteiger partial charge is 0.405 e. The molecule has 0 radical (unpaired) electrons. The monoisotopic (exact) mass is 397 g/mol. The van der Waals surface area contributed by atoms with Gasteiger partial charge in [-0.05, 0) is 18.2 Å². The second kappa shape index (κ2) is 7.41. The summed E-state index contributed by atoms with van der Waals surface area (Å²) in [6.45, 7) is -0.370. The molecule has 0 amide bonds. The lowest BCUT2D eigenvalue weighted by Crippen LogP contribution is -2.24. The average Bonchev–Trinajstić information content (AvgIpc) is 3.12. The fraction of sp³-hybridized carbons (Fsp3) is 0.118. The van der Waals surface area contributed by atoms with Crippen LogP contribution in [0.15, 0.2) is 71.9 Å². The van der Waals surface area contributed by atoms with Gasteiger partial charge in [0.25, 0.3) is 0 Å². The number of halogens is 3. The molecule has 27 heavy (non-hydrogen) atoms. The van der Waals surface area contributed by atoms with Crippen molar-refractivity contribution in [2.45, 2.75) is 17.8 Å². The average molecular weight is 397 g/mol. The van der Waals surface area contributed by atoms with E-state index < -0.39 is 22.1 Å². The van der Waals surface area contributed by atoms with E-state index in [1.165, 1.54) is 29.1 Å². The molecule has 0 saturated heterocycles. The highest BCUT2D eigenvalue weighted by molar-refractivity contribution is 7.89. The molecule has 0 saturated carbocycles. The van der Waals surface area contributed by atoms with Gasteiger partial charge < -0.3 is 4.74 Å². The first-order chi connectivity index (χ1) is 12.7. The van der Waals surface area contributed by atoms with Crippen molar-refractivity contribution in [3.05, 3.63) is 72.6 Å². The largest absolute Gasteiger partial charge is 0.573 e. The number of aromatic nitrogens is 2. The molecule has 2 aromatic carbocycles. The Morgan fingerprint density at radius 3 is 2.41 bits per heavy atom. The molecule has 0 aliphatic heterocycles. The molecule has 1 aromatic heterocycles. The van der Waals surface area contributed by atoms with Crippen LogP contribution in [0.1, 0.15) is 5.56 Å². The molecular formula is C17H14F3N3O3S. The number of nitrogens with one attached hydrogen (secondary N) is 1. The van der Waals surface area contributed by atoms with Crippen LogP contribution in [0, 0.1) is 0 Å². The zero-order valence-electron chi connectivity index (χ0n) is 13.7. The van der Waals surface area contributed by atoms with Crippen LogP contribution in [0.25, 0.3) is 5.69 Å². The van der Waals surface area contributed by atoms with E-state index in [2.05, 4.69) is 14.6 Å². The van der Waals surface area contributed by atoms with E-state index in [0.717, 1.165) is 12.3 Å². The summed E-state index contributed by atoms with van der Waals surface area (Å²) in [7, 11) is -3.98. The van der Waals surface area contributed by atoms with Crippen LogP contribution in [-0.4, -0.2) is 24.6 Å². The van der Waals surface area contributed by atoms with Crippen LogP contribution in [-0.2, 0) is 16.6 Å². The Morgan fingerprint density at radius 1 is 1.04 bits per heavy atom. The van der Waals surface area contributed by atoms with Crippen LogP contribution in [0.4, 0.5) is 13.2 Å². The normalized spacial score (nSPS) is 12.1. The molecule has 0 spiro atoms. The quantitative estimate of drug-likeness (QED) is 0.693. The number of rotatable bonds is 6. The van der Waals surface area contributed by atoms with E-state index in [1.54, 1.807) is 24.3 Å². The number of nitrogens with zero attached hydrogens (tertiary/aromatic N) is 2. The zero-order chi connectivity index (χ0) is 19.5. The summed E-state index contributed by atoms with van der Waals surface area (Å²) in [5, 5.41) is 4.00. The Bertz CT molecular complexity index is 1020. The highest BCUT2D eigenvalue weighted by atomic mass is 32.2. The summed E-state index contributed by atoms with van der Waals surface area (Å²) in [4.78, 5) is -0.111. The molecule has 0 fully saturated rings. The van der Waals surface area contributed by atoms with E-state index >= 15 is 0 Å². The van der Waals surface area contributed by atoms with Gasteiger partial charge in [0.05, 0.1) is 18.1 Å². The molecule has 3 rings (SSSR count). The molecule has 1 heterocycles. The maximum absolute atomic E-state index is 12.5. The zero-order valence-corrected chi connectivity index (χ0v) is 14.5. The van der Waals surface area contributed by atoms with Gasteiger partial charge in [-0.2, -0.15) is 5.10 Å². The van der Waals surface area contributed by atoms with Crippen LogP contribution in [0.3, 0.4) is 0 Å². The van der Waals surface area contributed by atoms with Gasteiger partial charge in [0, 0.05) is 12.1 Å². The lowest BCUT2D eigenvalue weighted by molar-refractivity contribution is -0.274. The van der Waals surface area contributed by atoms with E-state index in [9.17, 15) is 21.6 Å². The Hall–Kier alpha value is -2.85. The van der Waals surface area contributed by atoms with Crippen molar-refractivity contribution >= 4 is 10.0 Å². The van der Waals surface area contributed by atoms with E-state index in [4.69, 9.17) is 0 Å². The molecule has 142 valence electrons. The Balaban J connectivity index is 1.76. The lowest BCUT2D eigenvalue weighted by Gasteiger charge is -2.13. The van der Waals surface area contributed by atoms with Gasteiger partial charge in [-0.3, -0.25) is 0 Å². The molecule has 0 bridgehead atoms. The minimum Gasteiger partial charge on any atom is -0.405 e. The van der Waals surface area contributed by atoms with E-state index in [0.29, 0.717) is 5.69 Å². The van der Waals surface area contributed by atoms with Crippen molar-refractivity contribution in [3.8, 4) is 11.4 Å². The number of sulfonamides is 1. The Labute approximate surface area is 153 Å². The van der Waals surface area contributed by atoms with Crippen molar-refractivity contribution in [1.82, 2.24) is 14.5 Å². The molecule has 6 nitrogen and oxygen atoms in total. The van der Waals surface area contributed by atoms with Crippen molar-refractivity contribution < 1.29 is 26.3 Å². The lowest BCUT2D eigenvalue weighted by atomic mass is 10.2. The van der Waals surface area contributed by atoms with Crippen molar-refractivity contribution in [2.24, 2.45) is 0 Å². The van der Waals surface area contributed by atoms with E-state index in [-0.39, 0.29) is 17.0 Å². The van der Waals surface area contributed by atoms with Gasteiger partial charge in [0.15, 0.2) is 0 Å². The summed E-state index contributed by atoms with van der Waals surface area (Å²) in [5.74, 6) is -0.465. The van der Waals surface area contributed by atoms with Crippen molar-refractivity contribution in [1.29, 1.82) is 0 Å². The molecule has 1 N–H and O–H groups in total. The van der Waals surface area contributed by atoms with Gasteiger partial charge >= 0.3 is 6.36 Å². The van der Waals surface area contributed by atoms with Gasteiger partial charge in [-0.15, -0.1) is 13.2 Å². The minimum absolute atomic E-state index is 0.0499.